The van der Waals surface area contributed by atoms with E-state index in [-0.39, 0.29) is 24.8 Å². The third-order valence-electron chi connectivity index (χ3n) is 4.46. The van der Waals surface area contributed by atoms with E-state index in [0.717, 1.165) is 27.7 Å². The van der Waals surface area contributed by atoms with E-state index in [1.807, 2.05) is 56.3 Å². The molecule has 5 heteroatoms. The van der Waals surface area contributed by atoms with Crippen LogP contribution in [0.25, 0.3) is 22.2 Å². The minimum atomic E-state index is -0.356. The topological polar surface area (TPSA) is 68.3 Å². The Balaban J connectivity index is 2.00. The Morgan fingerprint density at radius 2 is 1.85 bits per heavy atom. The second kappa shape index (κ2) is 7.99. The van der Waals surface area contributed by atoms with E-state index in [2.05, 4.69) is 16.1 Å². The van der Waals surface area contributed by atoms with Gasteiger partial charge in [-0.05, 0) is 31.5 Å². The van der Waals surface area contributed by atoms with Crippen LogP contribution in [0.3, 0.4) is 0 Å². The summed E-state index contributed by atoms with van der Waals surface area (Å²) in [5, 5.41) is 3.57. The number of carbonyl (C=O) groups excluding carboxylic acids is 2. The van der Waals surface area contributed by atoms with Crippen LogP contribution in [0.15, 0.2) is 48.5 Å². The molecule has 27 heavy (non-hydrogen) atoms. The molecule has 2 aromatic carbocycles. The molecule has 0 aliphatic rings. The van der Waals surface area contributed by atoms with Gasteiger partial charge >= 0.3 is 5.97 Å². The summed E-state index contributed by atoms with van der Waals surface area (Å²) in [6.07, 6.45) is 0.134. The number of carbonyl (C=O) groups is 2. The lowest BCUT2D eigenvalue weighted by molar-refractivity contribution is -0.140. The number of esters is 1. The van der Waals surface area contributed by atoms with E-state index in [0.29, 0.717) is 5.56 Å². The zero-order valence-corrected chi connectivity index (χ0v) is 15.7. The number of aromatic nitrogens is 1. The van der Waals surface area contributed by atoms with Crippen molar-refractivity contribution < 1.29 is 14.3 Å². The highest BCUT2D eigenvalue weighted by atomic mass is 16.5. The molecule has 0 unspecified atom stereocenters. The van der Waals surface area contributed by atoms with Crippen molar-refractivity contribution in [2.75, 3.05) is 13.7 Å². The molecule has 0 saturated heterocycles. The highest BCUT2D eigenvalue weighted by Crippen LogP contribution is 2.27. The number of fused-ring (bicyclic) bond motifs is 1. The number of methoxy groups -OCH3 is 1. The zero-order valence-electron chi connectivity index (χ0n) is 15.7. The van der Waals surface area contributed by atoms with Crippen LogP contribution >= 0.6 is 0 Å². The van der Waals surface area contributed by atoms with E-state index in [4.69, 9.17) is 4.98 Å². The molecule has 1 amide bonds. The summed E-state index contributed by atoms with van der Waals surface area (Å²) in [5.74, 6) is -0.589. The maximum atomic E-state index is 12.8. The molecule has 138 valence electrons. The van der Waals surface area contributed by atoms with Crippen LogP contribution in [0.5, 0.6) is 0 Å². The third-order valence-corrected chi connectivity index (χ3v) is 4.46. The Morgan fingerprint density at radius 1 is 1.07 bits per heavy atom. The number of hydrogen-bond donors (Lipinski definition) is 1. The molecule has 0 atom stereocenters. The monoisotopic (exact) mass is 362 g/mol. The lowest BCUT2D eigenvalue weighted by Crippen LogP contribution is -2.26. The minimum Gasteiger partial charge on any atom is -0.469 e. The zero-order chi connectivity index (χ0) is 19.4. The fourth-order valence-corrected chi connectivity index (χ4v) is 3.08. The minimum absolute atomic E-state index is 0.134. The van der Waals surface area contributed by atoms with Gasteiger partial charge < -0.3 is 10.1 Å². The number of rotatable bonds is 5. The molecule has 1 aromatic heterocycles. The molecule has 0 saturated carbocycles. The first-order valence-corrected chi connectivity index (χ1v) is 8.82. The average molecular weight is 362 g/mol. The fourth-order valence-electron chi connectivity index (χ4n) is 3.08. The molecule has 3 aromatic rings. The van der Waals surface area contributed by atoms with Crippen molar-refractivity contribution in [3.8, 4) is 11.3 Å². The Hall–Kier alpha value is -3.21. The Morgan fingerprint density at radius 3 is 2.59 bits per heavy atom. The summed E-state index contributed by atoms with van der Waals surface area (Å²) >= 11 is 0. The Labute approximate surface area is 158 Å². The van der Waals surface area contributed by atoms with Gasteiger partial charge in [0.25, 0.3) is 5.91 Å². The van der Waals surface area contributed by atoms with Crippen LogP contribution in [0.1, 0.15) is 27.9 Å². The molecule has 0 bridgehead atoms. The number of nitrogens with one attached hydrogen (secondary N) is 1. The predicted molar refractivity (Wildman–Crippen MR) is 106 cm³/mol. The number of pyridine rings is 1. The van der Waals surface area contributed by atoms with Crippen molar-refractivity contribution in [1.82, 2.24) is 10.3 Å². The maximum absolute atomic E-state index is 12.8. The Bertz CT molecular complexity index is 1010. The van der Waals surface area contributed by atoms with Gasteiger partial charge in [-0.2, -0.15) is 0 Å². The summed E-state index contributed by atoms with van der Waals surface area (Å²) < 4.78 is 4.61. The van der Waals surface area contributed by atoms with Gasteiger partial charge in [0.15, 0.2) is 0 Å². The van der Waals surface area contributed by atoms with Gasteiger partial charge in [-0.1, -0.05) is 42.0 Å². The van der Waals surface area contributed by atoms with Crippen molar-refractivity contribution in [3.63, 3.8) is 0 Å². The fraction of sp³-hybridized carbons (Fsp3) is 0.227. The quantitative estimate of drug-likeness (QED) is 0.701. The first-order valence-electron chi connectivity index (χ1n) is 8.82. The molecule has 0 spiro atoms. The summed E-state index contributed by atoms with van der Waals surface area (Å²) in [6.45, 7) is 4.31. The molecule has 5 nitrogen and oxygen atoms in total. The highest BCUT2D eigenvalue weighted by Gasteiger charge is 2.15. The summed E-state index contributed by atoms with van der Waals surface area (Å²) in [6, 6.07) is 15.5. The van der Waals surface area contributed by atoms with Gasteiger partial charge in [0, 0.05) is 17.5 Å². The van der Waals surface area contributed by atoms with Gasteiger partial charge in [-0.15, -0.1) is 0 Å². The van der Waals surface area contributed by atoms with Crippen molar-refractivity contribution in [3.05, 3.63) is 65.2 Å². The lowest BCUT2D eigenvalue weighted by Gasteiger charge is -2.12. The summed E-state index contributed by atoms with van der Waals surface area (Å²) in [5.41, 5.74) is 5.33. The van der Waals surface area contributed by atoms with Crippen molar-refractivity contribution in [2.24, 2.45) is 0 Å². The third kappa shape index (κ3) is 4.14. The van der Waals surface area contributed by atoms with Crippen LogP contribution in [-0.4, -0.2) is 30.5 Å². The number of benzene rings is 2. The second-order valence-corrected chi connectivity index (χ2v) is 6.47. The molecular weight excluding hydrogens is 340 g/mol. The van der Waals surface area contributed by atoms with Gasteiger partial charge in [0.05, 0.1) is 30.3 Å². The predicted octanol–water partition coefficient (Wildman–Crippen LogP) is 3.81. The molecule has 1 N–H and O–H groups in total. The second-order valence-electron chi connectivity index (χ2n) is 6.47. The van der Waals surface area contributed by atoms with Crippen molar-refractivity contribution in [1.29, 1.82) is 0 Å². The first kappa shape index (κ1) is 18.6. The van der Waals surface area contributed by atoms with Crippen LogP contribution in [0, 0.1) is 13.8 Å². The molecule has 0 aliphatic heterocycles. The number of para-hydroxylation sites is 1. The van der Waals surface area contributed by atoms with Crippen molar-refractivity contribution >= 4 is 22.8 Å². The summed E-state index contributed by atoms with van der Waals surface area (Å²) in [7, 11) is 1.33. The number of ether oxygens (including phenoxy) is 1. The van der Waals surface area contributed by atoms with Gasteiger partial charge in [0.2, 0.25) is 0 Å². The van der Waals surface area contributed by atoms with E-state index < -0.39 is 0 Å². The molecule has 0 radical (unpaired) electrons. The number of hydrogen-bond acceptors (Lipinski definition) is 4. The summed E-state index contributed by atoms with van der Waals surface area (Å²) in [4.78, 5) is 28.8. The van der Waals surface area contributed by atoms with E-state index in [9.17, 15) is 9.59 Å². The molecule has 0 aliphatic carbocycles. The van der Waals surface area contributed by atoms with Crippen LogP contribution in [0.2, 0.25) is 0 Å². The lowest BCUT2D eigenvalue weighted by atomic mass is 9.99. The van der Waals surface area contributed by atoms with Gasteiger partial charge in [-0.25, -0.2) is 4.98 Å². The van der Waals surface area contributed by atoms with E-state index in [1.54, 1.807) is 0 Å². The normalized spacial score (nSPS) is 10.6. The molecule has 3 rings (SSSR count). The Kier molecular flexibility index (Phi) is 5.50. The molecule has 0 fully saturated rings. The smallest absolute Gasteiger partial charge is 0.307 e. The standard InChI is InChI=1S/C22H22N2O3/c1-14-8-9-16(15(2)12-14)20-13-18(17-6-4-5-7-19(17)24-20)22(26)23-11-10-21(25)27-3/h4-9,12-13H,10-11H2,1-3H3,(H,23,26). The largest absolute Gasteiger partial charge is 0.469 e. The van der Waals surface area contributed by atoms with E-state index >= 15 is 0 Å². The molecule has 1 heterocycles. The number of nitrogens with zero attached hydrogens (tertiary/aromatic N) is 1. The maximum Gasteiger partial charge on any atom is 0.307 e. The highest BCUT2D eigenvalue weighted by molar-refractivity contribution is 6.07. The van der Waals surface area contributed by atoms with Gasteiger partial charge in [-0.3, -0.25) is 9.59 Å². The molecular formula is C22H22N2O3. The van der Waals surface area contributed by atoms with Crippen molar-refractivity contribution in [2.45, 2.75) is 20.3 Å². The number of amides is 1. The van der Waals surface area contributed by atoms with E-state index in [1.165, 1.54) is 12.7 Å². The first-order chi connectivity index (χ1) is 13.0. The SMILES string of the molecule is COC(=O)CCNC(=O)c1cc(-c2ccc(C)cc2C)nc2ccccc12. The van der Waals surface area contributed by atoms with Gasteiger partial charge in [0.1, 0.15) is 0 Å². The average Bonchev–Trinajstić information content (AvgIpc) is 2.66. The number of aryl methyl sites for hydroxylation is 2. The van der Waals surface area contributed by atoms with Crippen LogP contribution in [-0.2, 0) is 9.53 Å². The van der Waals surface area contributed by atoms with Crippen LogP contribution in [0.4, 0.5) is 0 Å². The van der Waals surface area contributed by atoms with Crippen LogP contribution < -0.4 is 5.32 Å².